The predicted molar refractivity (Wildman–Crippen MR) is 386 cm³/mol. The Morgan fingerprint density at radius 3 is 0.860 bits per heavy atom. The van der Waals surface area contributed by atoms with E-state index in [2.05, 4.69) is 10.6 Å². The molecule has 100 heavy (non-hydrogen) atoms. The van der Waals surface area contributed by atoms with Crippen molar-refractivity contribution in [3.63, 3.8) is 0 Å². The van der Waals surface area contributed by atoms with Gasteiger partial charge in [-0.15, -0.1) is 0 Å². The Hall–Kier alpha value is -11.1. The van der Waals surface area contributed by atoms with E-state index in [0.717, 1.165) is 20.9 Å². The second-order valence-corrected chi connectivity index (χ2v) is 25.7. The van der Waals surface area contributed by atoms with Crippen LogP contribution in [0, 0.1) is 25.7 Å². The second-order valence-electron chi connectivity index (χ2n) is 24.8. The van der Waals surface area contributed by atoms with E-state index in [9.17, 15) is 0 Å². The number of anilines is 2. The molecule has 2 N–H and O–H groups in total. The molecule has 13 rings (SSSR count). The summed E-state index contributed by atoms with van der Waals surface area (Å²) in [5, 5.41) is 8.26. The molecule has 11 aromatic rings. The second kappa shape index (κ2) is 27.7. The third-order valence-electron chi connectivity index (χ3n) is 18.7. The maximum absolute atomic E-state index is 16.5. The lowest BCUT2D eigenvalue weighted by Gasteiger charge is -2.38. The van der Waals surface area contributed by atoms with Gasteiger partial charge in [0.05, 0.1) is 50.7 Å². The number of carbonyl (C=O) groups is 6. The quantitative estimate of drug-likeness (QED) is 0.0328. The summed E-state index contributed by atoms with van der Waals surface area (Å²) < 4.78 is 51.9. The largest absolute Gasteiger partial charge is 0.497 e. The number of fused-ring (bicyclic) bond motifs is 2. The van der Waals surface area contributed by atoms with Crippen LogP contribution < -0.4 is 48.5 Å². The van der Waals surface area contributed by atoms with Crippen molar-refractivity contribution < 1.29 is 66.7 Å². The first kappa shape index (κ1) is 67.5. The number of rotatable bonds is 24. The fourth-order valence-electron chi connectivity index (χ4n) is 14.1. The van der Waals surface area contributed by atoms with Crippen LogP contribution in [0.3, 0.4) is 0 Å². The van der Waals surface area contributed by atoms with Crippen LogP contribution in [-0.4, -0.2) is 85.8 Å². The molecular formula is C80H70Cl2N4O14. The van der Waals surface area contributed by atoms with Crippen molar-refractivity contribution in [2.45, 2.75) is 79.3 Å². The Morgan fingerprint density at radius 2 is 0.620 bits per heavy atom. The van der Waals surface area contributed by atoms with Crippen molar-refractivity contribution in [2.75, 3.05) is 39.1 Å². The van der Waals surface area contributed by atoms with Crippen molar-refractivity contribution in [3.05, 3.63) is 201 Å². The van der Waals surface area contributed by atoms with Gasteiger partial charge in [0.2, 0.25) is 11.8 Å². The van der Waals surface area contributed by atoms with Crippen LogP contribution in [0.1, 0.15) is 106 Å². The highest BCUT2D eigenvalue weighted by Gasteiger charge is 2.48. The number of methoxy groups -OCH3 is 4. The number of ether oxygens (including phenoxy) is 8. The summed E-state index contributed by atoms with van der Waals surface area (Å²) in [6, 6.07) is 40.9. The number of nitrogens with zero attached hydrogens (tertiary/aromatic N) is 2. The van der Waals surface area contributed by atoms with Crippen LogP contribution in [0.25, 0.3) is 43.1 Å². The van der Waals surface area contributed by atoms with E-state index in [1.54, 1.807) is 158 Å². The summed E-state index contributed by atoms with van der Waals surface area (Å²) in [5.41, 5.74) is 2.09. The lowest BCUT2D eigenvalue weighted by atomic mass is 9.79. The molecule has 508 valence electrons. The summed E-state index contributed by atoms with van der Waals surface area (Å²) in [7, 11) is 6.05. The molecule has 2 unspecified atom stereocenters. The average molecular weight is 1380 g/mol. The van der Waals surface area contributed by atoms with E-state index in [0.29, 0.717) is 70.1 Å². The SMILES string of the molecule is CCC(CC)C(C(=O)Nc1cc(C)cc(Cl)c1)N1C(=O)c2cc(Oc3cccc(OC)c3)c3c4c(Oc5cccc(OC)c5)cc5c6c(cc(Oc7cccc(OC)c7)c(c7c(Oc8cccc(OC)c8)cc(c2c37)C1=O)c64)C(=O)N(C(C(=O)Nc1cc(C)cc(Cl)c1)C(CC)CC)C5=O. The van der Waals surface area contributed by atoms with Gasteiger partial charge in [0.15, 0.2) is 0 Å². The molecule has 0 bridgehead atoms. The third-order valence-corrected chi connectivity index (χ3v) is 19.2. The van der Waals surface area contributed by atoms with Gasteiger partial charge in [-0.3, -0.25) is 38.6 Å². The van der Waals surface area contributed by atoms with Crippen LogP contribution in [0.2, 0.25) is 10.0 Å². The summed E-state index contributed by atoms with van der Waals surface area (Å²) in [4.78, 5) is 98.6. The fourth-order valence-corrected chi connectivity index (χ4v) is 14.7. The topological polar surface area (TPSA) is 207 Å². The van der Waals surface area contributed by atoms with Gasteiger partial charge in [0.1, 0.15) is 81.1 Å². The van der Waals surface area contributed by atoms with Gasteiger partial charge < -0.3 is 48.5 Å². The minimum atomic E-state index is -1.40. The molecule has 2 aliphatic heterocycles. The third kappa shape index (κ3) is 12.2. The average Bonchev–Trinajstić information content (AvgIpc) is 0.671. The number of nitrogens with one attached hydrogen (secondary N) is 2. The summed E-state index contributed by atoms with van der Waals surface area (Å²) in [5.74, 6) is -3.05. The van der Waals surface area contributed by atoms with Crippen LogP contribution in [0.4, 0.5) is 11.4 Å². The highest BCUT2D eigenvalue weighted by molar-refractivity contribution is 6.45. The number of hydrogen-bond donors (Lipinski definition) is 2. The number of amides is 6. The highest BCUT2D eigenvalue weighted by Crippen LogP contribution is 2.59. The van der Waals surface area contributed by atoms with E-state index in [-0.39, 0.29) is 111 Å². The van der Waals surface area contributed by atoms with Gasteiger partial charge in [0, 0.05) is 88.8 Å². The molecule has 2 aliphatic rings. The van der Waals surface area contributed by atoms with Gasteiger partial charge in [0.25, 0.3) is 23.6 Å². The Morgan fingerprint density at radius 1 is 0.360 bits per heavy atom. The summed E-state index contributed by atoms with van der Waals surface area (Å²) >= 11 is 13.1. The lowest BCUT2D eigenvalue weighted by Crippen LogP contribution is -2.55. The molecule has 0 aromatic heterocycles. The van der Waals surface area contributed by atoms with E-state index < -0.39 is 59.4 Å². The van der Waals surface area contributed by atoms with E-state index >= 15 is 28.8 Å². The van der Waals surface area contributed by atoms with Gasteiger partial charge in [-0.25, -0.2) is 0 Å². The first-order chi connectivity index (χ1) is 48.3. The fraction of sp³-hybridized carbons (Fsp3) is 0.225. The Kier molecular flexibility index (Phi) is 18.7. The van der Waals surface area contributed by atoms with E-state index in [1.165, 1.54) is 28.4 Å². The molecular weight excluding hydrogens is 1310 g/mol. The van der Waals surface area contributed by atoms with Gasteiger partial charge in [-0.1, -0.05) is 101 Å². The van der Waals surface area contributed by atoms with Crippen LogP contribution in [0.15, 0.2) is 158 Å². The zero-order chi connectivity index (χ0) is 70.5. The van der Waals surface area contributed by atoms with Crippen LogP contribution in [-0.2, 0) is 9.59 Å². The van der Waals surface area contributed by atoms with Gasteiger partial charge in [-0.05, 0) is 146 Å². The van der Waals surface area contributed by atoms with Crippen LogP contribution in [0.5, 0.6) is 69.0 Å². The Bertz CT molecular complexity index is 4580. The molecule has 2 atom stereocenters. The number of halogens is 2. The zero-order valence-corrected chi connectivity index (χ0v) is 58.0. The Labute approximate surface area is 586 Å². The normalized spacial score (nSPS) is 13.4. The summed E-state index contributed by atoms with van der Waals surface area (Å²) in [6.07, 6.45) is 1.51. The monoisotopic (exact) mass is 1380 g/mol. The standard InChI is InChI=1S/C80H70Cl2N4O14/c1-11-43(12-2)73(75(87)83-47-29-41(5)27-45(81)31-47)85-77(89)57-37-61(97-53-23-15-19-49(33-53)93-7)67-69-63(99-55-25-17-21-51(35-55)95-9)39-59-66-60(80(92)86(79(59)91)74(44(13-3)14-4)76(88)84-48-30-42(6)28-46(82)32-48)40-64(100-56-26-18-22-52(36-56)96-10)70(72(66)69)68-62(38-58(78(85)90)65(57)71(67)68)98-54-24-16-20-50(34-54)94-8/h15-40,43-44,73-74H,11-14H2,1-10H3,(H,83,87)(H,84,88). The van der Waals surface area contributed by atoms with Crippen molar-refractivity contribution in [2.24, 2.45) is 11.8 Å². The molecule has 0 radical (unpaired) electrons. The maximum Gasteiger partial charge on any atom is 0.262 e. The molecule has 11 aromatic carbocycles. The molecule has 0 saturated carbocycles. The number of carbonyl (C=O) groups excluding carboxylic acids is 6. The molecule has 18 nitrogen and oxygen atoms in total. The molecule has 0 aliphatic carbocycles. The number of hydrogen-bond acceptors (Lipinski definition) is 14. The molecule has 0 saturated heterocycles. The maximum atomic E-state index is 16.5. The van der Waals surface area contributed by atoms with Crippen molar-refractivity contribution in [3.8, 4) is 69.0 Å². The van der Waals surface area contributed by atoms with Gasteiger partial charge in [-0.2, -0.15) is 0 Å². The van der Waals surface area contributed by atoms with E-state index in [1.807, 2.05) is 41.5 Å². The first-order valence-corrected chi connectivity index (χ1v) is 33.6. The van der Waals surface area contributed by atoms with E-state index in [4.69, 9.17) is 61.1 Å². The predicted octanol–water partition coefficient (Wildman–Crippen LogP) is 18.9. The van der Waals surface area contributed by atoms with Crippen molar-refractivity contribution in [1.82, 2.24) is 9.80 Å². The smallest absolute Gasteiger partial charge is 0.262 e. The lowest BCUT2D eigenvalue weighted by molar-refractivity contribution is -0.122. The van der Waals surface area contributed by atoms with Crippen molar-refractivity contribution in [1.29, 1.82) is 0 Å². The molecule has 2 heterocycles. The van der Waals surface area contributed by atoms with Gasteiger partial charge >= 0.3 is 0 Å². The number of benzene rings is 11. The molecule has 6 amide bonds. The van der Waals surface area contributed by atoms with Crippen LogP contribution >= 0.6 is 23.2 Å². The number of aryl methyl sites for hydroxylation is 2. The highest BCUT2D eigenvalue weighted by atomic mass is 35.5. The molecule has 20 heteroatoms. The minimum absolute atomic E-state index is 0.0102. The summed E-state index contributed by atoms with van der Waals surface area (Å²) in [6.45, 7) is 11.2. The molecule has 0 spiro atoms. The number of imide groups is 2. The Balaban J connectivity index is 1.21. The zero-order valence-electron chi connectivity index (χ0n) is 56.5. The first-order valence-electron chi connectivity index (χ1n) is 32.9. The van der Waals surface area contributed by atoms with Crippen molar-refractivity contribution >= 4 is 113 Å². The molecule has 0 fully saturated rings. The minimum Gasteiger partial charge on any atom is -0.497 e.